The van der Waals surface area contributed by atoms with E-state index in [0.717, 1.165) is 5.57 Å². The van der Waals surface area contributed by atoms with E-state index >= 15 is 0 Å². The average molecular weight is 164 g/mol. The lowest BCUT2D eigenvalue weighted by molar-refractivity contribution is -0.114. The van der Waals surface area contributed by atoms with Crippen LogP contribution >= 0.6 is 0 Å². The Morgan fingerprint density at radius 1 is 1.33 bits per heavy atom. The van der Waals surface area contributed by atoms with E-state index in [9.17, 15) is 4.79 Å². The molecule has 0 aromatic heterocycles. The van der Waals surface area contributed by atoms with Gasteiger partial charge in [-0.25, -0.2) is 0 Å². The minimum atomic E-state index is -0.0671. The topological polar surface area (TPSA) is 26.3 Å². The molecule has 0 amide bonds. The van der Waals surface area contributed by atoms with E-state index in [4.69, 9.17) is 4.74 Å². The first-order valence-corrected chi connectivity index (χ1v) is 3.80. The second-order valence-corrected chi connectivity index (χ2v) is 2.87. The lowest BCUT2D eigenvalue weighted by Gasteiger charge is -2.08. The van der Waals surface area contributed by atoms with Crippen LogP contribution in [0.2, 0.25) is 0 Å². The van der Waals surface area contributed by atoms with Crippen molar-refractivity contribution in [1.82, 2.24) is 0 Å². The number of hydrogen-bond donors (Lipinski definition) is 0. The zero-order valence-corrected chi connectivity index (χ0v) is 7.55. The highest BCUT2D eigenvalue weighted by Crippen LogP contribution is 2.16. The molecule has 1 aliphatic carbocycles. The Morgan fingerprint density at radius 3 is 2.50 bits per heavy atom. The van der Waals surface area contributed by atoms with Crippen molar-refractivity contribution in [3.05, 3.63) is 35.1 Å². The molecular formula is C10H12O2. The predicted octanol–water partition coefficient (Wildman–Crippen LogP) is 1.99. The molecule has 2 heteroatoms. The van der Waals surface area contributed by atoms with E-state index in [1.807, 2.05) is 13.8 Å². The Morgan fingerprint density at radius 2 is 2.00 bits per heavy atom. The van der Waals surface area contributed by atoms with Crippen molar-refractivity contribution in [1.29, 1.82) is 0 Å². The number of ether oxygens (including phenoxy) is 1. The molecule has 0 bridgehead atoms. The summed E-state index contributed by atoms with van der Waals surface area (Å²) in [4.78, 5) is 11.1. The first kappa shape index (κ1) is 8.78. The zero-order chi connectivity index (χ0) is 9.14. The van der Waals surface area contributed by atoms with Gasteiger partial charge in [0.1, 0.15) is 0 Å². The van der Waals surface area contributed by atoms with Crippen molar-refractivity contribution in [2.75, 3.05) is 7.11 Å². The Labute approximate surface area is 72.2 Å². The van der Waals surface area contributed by atoms with Crippen LogP contribution in [0.3, 0.4) is 0 Å². The molecule has 1 rings (SSSR count). The van der Waals surface area contributed by atoms with Gasteiger partial charge >= 0.3 is 0 Å². The van der Waals surface area contributed by atoms with Gasteiger partial charge < -0.3 is 4.74 Å². The number of ketones is 1. The molecule has 0 radical (unpaired) electrons. The monoisotopic (exact) mass is 164 g/mol. The summed E-state index contributed by atoms with van der Waals surface area (Å²) in [6.07, 6.45) is 5.10. The van der Waals surface area contributed by atoms with Crippen molar-refractivity contribution >= 4 is 5.78 Å². The van der Waals surface area contributed by atoms with E-state index in [-0.39, 0.29) is 5.78 Å². The van der Waals surface area contributed by atoms with Crippen LogP contribution < -0.4 is 0 Å². The highest BCUT2D eigenvalue weighted by molar-refractivity contribution is 6.04. The second-order valence-electron chi connectivity index (χ2n) is 2.87. The molecule has 0 saturated carbocycles. The van der Waals surface area contributed by atoms with Gasteiger partial charge in [-0.05, 0) is 31.6 Å². The summed E-state index contributed by atoms with van der Waals surface area (Å²) in [5.41, 5.74) is 2.22. The third-order valence-electron chi connectivity index (χ3n) is 1.74. The highest BCUT2D eigenvalue weighted by Gasteiger charge is 2.11. The molecule has 0 saturated heterocycles. The van der Waals surface area contributed by atoms with Gasteiger partial charge in [0, 0.05) is 0 Å². The summed E-state index contributed by atoms with van der Waals surface area (Å²) in [7, 11) is 1.51. The van der Waals surface area contributed by atoms with Crippen molar-refractivity contribution < 1.29 is 9.53 Å². The van der Waals surface area contributed by atoms with Crippen LogP contribution in [0.15, 0.2) is 35.1 Å². The maximum Gasteiger partial charge on any atom is 0.220 e. The summed E-state index contributed by atoms with van der Waals surface area (Å²) in [5, 5.41) is 0. The van der Waals surface area contributed by atoms with Crippen LogP contribution in [0.5, 0.6) is 0 Å². The molecule has 0 heterocycles. The quantitative estimate of drug-likeness (QED) is 0.592. The molecule has 0 aromatic carbocycles. The van der Waals surface area contributed by atoms with Gasteiger partial charge in [0.15, 0.2) is 5.76 Å². The summed E-state index contributed by atoms with van der Waals surface area (Å²) >= 11 is 0. The first-order valence-electron chi connectivity index (χ1n) is 3.80. The third kappa shape index (κ3) is 1.64. The van der Waals surface area contributed by atoms with Gasteiger partial charge in [-0.2, -0.15) is 0 Å². The van der Waals surface area contributed by atoms with Gasteiger partial charge in [-0.15, -0.1) is 0 Å². The molecule has 1 aliphatic rings. The molecule has 0 aliphatic heterocycles. The van der Waals surface area contributed by atoms with Crippen LogP contribution in [0, 0.1) is 0 Å². The van der Waals surface area contributed by atoms with E-state index in [2.05, 4.69) is 0 Å². The lowest BCUT2D eigenvalue weighted by atomic mass is 10.0. The van der Waals surface area contributed by atoms with Crippen molar-refractivity contribution in [2.24, 2.45) is 0 Å². The normalized spacial score (nSPS) is 16.1. The second kappa shape index (κ2) is 3.39. The molecule has 0 spiro atoms. The van der Waals surface area contributed by atoms with Crippen LogP contribution in [0.1, 0.15) is 13.8 Å². The number of hydrogen-bond acceptors (Lipinski definition) is 2. The minimum Gasteiger partial charge on any atom is -0.493 e. The SMILES string of the molecule is COC1=CC(=C(C)C)C=CC1=O. The molecule has 12 heavy (non-hydrogen) atoms. The van der Waals surface area contributed by atoms with Crippen LogP contribution in [0.25, 0.3) is 0 Å². The van der Waals surface area contributed by atoms with Crippen molar-refractivity contribution in [2.45, 2.75) is 13.8 Å². The molecule has 0 atom stereocenters. The summed E-state index contributed by atoms with van der Waals surface area (Å²) in [6, 6.07) is 0. The summed E-state index contributed by atoms with van der Waals surface area (Å²) in [6.45, 7) is 4.00. The van der Waals surface area contributed by atoms with E-state index < -0.39 is 0 Å². The smallest absolute Gasteiger partial charge is 0.220 e. The fourth-order valence-corrected chi connectivity index (χ4v) is 0.979. The average Bonchev–Trinajstić information content (AvgIpc) is 2.05. The number of allylic oxidation sites excluding steroid dienone is 5. The number of rotatable bonds is 1. The maximum absolute atomic E-state index is 11.1. The summed E-state index contributed by atoms with van der Waals surface area (Å²) < 4.78 is 4.91. The van der Waals surface area contributed by atoms with Gasteiger partial charge in [0.2, 0.25) is 5.78 Å². The Bertz CT molecular complexity index is 289. The predicted molar refractivity (Wildman–Crippen MR) is 47.6 cm³/mol. The van der Waals surface area contributed by atoms with E-state index in [0.29, 0.717) is 5.76 Å². The van der Waals surface area contributed by atoms with Crippen molar-refractivity contribution in [3.8, 4) is 0 Å². The Balaban J connectivity index is 3.03. The third-order valence-corrected chi connectivity index (χ3v) is 1.74. The largest absolute Gasteiger partial charge is 0.493 e. The molecule has 64 valence electrons. The molecule has 0 N–H and O–H groups in total. The lowest BCUT2D eigenvalue weighted by Crippen LogP contribution is -2.05. The van der Waals surface area contributed by atoms with E-state index in [1.54, 1.807) is 12.2 Å². The summed E-state index contributed by atoms with van der Waals surface area (Å²) in [5.74, 6) is 0.344. The van der Waals surface area contributed by atoms with Crippen LogP contribution in [0.4, 0.5) is 0 Å². The van der Waals surface area contributed by atoms with Gasteiger partial charge in [0.25, 0.3) is 0 Å². The van der Waals surface area contributed by atoms with Gasteiger partial charge in [-0.1, -0.05) is 11.6 Å². The minimum absolute atomic E-state index is 0.0671. The molecule has 2 nitrogen and oxygen atoms in total. The first-order chi connectivity index (χ1) is 5.65. The Kier molecular flexibility index (Phi) is 2.48. The standard InChI is InChI=1S/C10H12O2/c1-7(2)8-4-5-9(11)10(6-8)12-3/h4-6H,1-3H3. The highest BCUT2D eigenvalue weighted by atomic mass is 16.5. The van der Waals surface area contributed by atoms with Crippen molar-refractivity contribution in [3.63, 3.8) is 0 Å². The van der Waals surface area contributed by atoms with Crippen LogP contribution in [-0.2, 0) is 9.53 Å². The molecule has 0 aromatic rings. The molecule has 0 unspecified atom stereocenters. The number of carbonyl (C=O) groups excluding carboxylic acids is 1. The Hall–Kier alpha value is -1.31. The van der Waals surface area contributed by atoms with Crippen LogP contribution in [-0.4, -0.2) is 12.9 Å². The molecule has 0 fully saturated rings. The molecular weight excluding hydrogens is 152 g/mol. The zero-order valence-electron chi connectivity index (χ0n) is 7.55. The number of methoxy groups -OCH3 is 1. The fraction of sp³-hybridized carbons (Fsp3) is 0.300. The van der Waals surface area contributed by atoms with Gasteiger partial charge in [-0.3, -0.25) is 4.79 Å². The fourth-order valence-electron chi connectivity index (χ4n) is 0.979. The maximum atomic E-state index is 11.1. The van der Waals surface area contributed by atoms with E-state index in [1.165, 1.54) is 18.8 Å². The van der Waals surface area contributed by atoms with Gasteiger partial charge in [0.05, 0.1) is 7.11 Å². The number of carbonyl (C=O) groups is 1.